The molecule has 0 radical (unpaired) electrons. The number of carboxylic acids is 1. The van der Waals surface area contributed by atoms with Crippen molar-refractivity contribution in [3.8, 4) is 6.19 Å². The lowest BCUT2D eigenvalue weighted by Gasteiger charge is -2.43. The zero-order valence-electron chi connectivity index (χ0n) is 11.4. The van der Waals surface area contributed by atoms with Gasteiger partial charge in [-0.15, -0.1) is 0 Å². The molecule has 2 aliphatic rings. The van der Waals surface area contributed by atoms with Crippen LogP contribution in [0.2, 0.25) is 0 Å². The van der Waals surface area contributed by atoms with Crippen LogP contribution in [-0.2, 0) is 11.2 Å². The van der Waals surface area contributed by atoms with Gasteiger partial charge in [0.25, 0.3) is 0 Å². The molecule has 1 aromatic heterocycles. The number of aromatic nitrogens is 1. The van der Waals surface area contributed by atoms with Crippen LogP contribution in [0.3, 0.4) is 0 Å². The zero-order valence-corrected chi connectivity index (χ0v) is 11.4. The Labute approximate surface area is 121 Å². The number of piperidine rings is 1. The van der Waals surface area contributed by atoms with Crippen LogP contribution in [0.5, 0.6) is 0 Å². The van der Waals surface area contributed by atoms with Gasteiger partial charge >= 0.3 is 5.97 Å². The Hall–Kier alpha value is -2.48. The number of H-pyrrole nitrogens is 1. The number of carboxylic acid groups (broad SMARTS) is 1. The summed E-state index contributed by atoms with van der Waals surface area (Å²) < 4.78 is 0. The molecule has 1 aromatic carbocycles. The van der Waals surface area contributed by atoms with Gasteiger partial charge in [0.2, 0.25) is 0 Å². The van der Waals surface area contributed by atoms with Crippen molar-refractivity contribution in [1.82, 2.24) is 9.88 Å². The number of rotatable bonds is 1. The third kappa shape index (κ3) is 1.65. The summed E-state index contributed by atoms with van der Waals surface area (Å²) >= 11 is 0. The van der Waals surface area contributed by atoms with Gasteiger partial charge in [0.1, 0.15) is 0 Å². The van der Waals surface area contributed by atoms with Gasteiger partial charge in [-0.25, -0.2) is 0 Å². The number of aliphatic carboxylic acids is 1. The quantitative estimate of drug-likeness (QED) is 0.784. The van der Waals surface area contributed by atoms with Crippen molar-refractivity contribution < 1.29 is 9.90 Å². The van der Waals surface area contributed by atoms with Crippen molar-refractivity contribution in [3.05, 3.63) is 35.5 Å². The van der Waals surface area contributed by atoms with E-state index in [1.165, 1.54) is 16.5 Å². The van der Waals surface area contributed by atoms with Gasteiger partial charge in [-0.3, -0.25) is 4.79 Å². The number of benzene rings is 1. The number of nitrogens with one attached hydrogen (secondary N) is 1. The number of aromatic amines is 1. The highest BCUT2D eigenvalue weighted by molar-refractivity contribution is 5.88. The molecule has 5 nitrogen and oxygen atoms in total. The fraction of sp³-hybridized carbons (Fsp3) is 0.375. The summed E-state index contributed by atoms with van der Waals surface area (Å²) in [6.45, 7) is 0.322. The summed E-state index contributed by atoms with van der Waals surface area (Å²) in [6, 6.07) is 6.21. The number of hydrogen-bond donors (Lipinski definition) is 2. The molecule has 2 N–H and O–H groups in total. The smallest absolute Gasteiger partial charge is 0.308 e. The molecule has 1 aliphatic carbocycles. The van der Waals surface area contributed by atoms with E-state index in [0.29, 0.717) is 13.0 Å². The number of nitrogens with zero attached hydrogens (tertiary/aromatic N) is 2. The Kier molecular flexibility index (Phi) is 2.49. The topological polar surface area (TPSA) is 80.1 Å². The first kappa shape index (κ1) is 12.3. The van der Waals surface area contributed by atoms with Crippen LogP contribution in [0.4, 0.5) is 0 Å². The monoisotopic (exact) mass is 281 g/mol. The Morgan fingerprint density at radius 3 is 3.10 bits per heavy atom. The highest BCUT2D eigenvalue weighted by atomic mass is 16.4. The lowest BCUT2D eigenvalue weighted by Crippen LogP contribution is -2.49. The van der Waals surface area contributed by atoms with E-state index < -0.39 is 11.9 Å². The lowest BCUT2D eigenvalue weighted by atomic mass is 9.72. The number of fused-ring (bicyclic) bond motifs is 2. The first-order chi connectivity index (χ1) is 10.2. The van der Waals surface area contributed by atoms with Crippen LogP contribution in [0.25, 0.3) is 10.9 Å². The maximum absolute atomic E-state index is 11.4. The Morgan fingerprint density at radius 2 is 2.33 bits per heavy atom. The molecule has 1 unspecified atom stereocenters. The fourth-order valence-corrected chi connectivity index (χ4v) is 3.99. The van der Waals surface area contributed by atoms with Gasteiger partial charge in [0.15, 0.2) is 6.19 Å². The molecule has 2 heterocycles. The minimum absolute atomic E-state index is 0.0829. The standard InChI is InChI=1S/C16H15N3O2/c17-8-19-7-10(16(20)21)4-12-11-2-1-3-13-15(11)9(6-18-13)5-14(12)19/h1-3,6,10,12,14,18H,4-5,7H2,(H,20,21)/t10-,12?,14-/m1/s1. The number of likely N-dealkylation sites (tertiary alicyclic amines) is 1. The fourth-order valence-electron chi connectivity index (χ4n) is 3.99. The molecule has 0 saturated carbocycles. The van der Waals surface area contributed by atoms with Crippen LogP contribution >= 0.6 is 0 Å². The van der Waals surface area contributed by atoms with E-state index in [1.807, 2.05) is 18.3 Å². The molecule has 5 heteroatoms. The predicted octanol–water partition coefficient (Wildman–Crippen LogP) is 2.06. The molecule has 1 aliphatic heterocycles. The molecule has 21 heavy (non-hydrogen) atoms. The van der Waals surface area contributed by atoms with E-state index in [1.54, 1.807) is 4.90 Å². The van der Waals surface area contributed by atoms with Crippen LogP contribution in [0.15, 0.2) is 24.4 Å². The molecule has 2 aromatic rings. The van der Waals surface area contributed by atoms with Crippen LogP contribution in [0, 0.1) is 17.4 Å². The average molecular weight is 281 g/mol. The maximum atomic E-state index is 11.4. The van der Waals surface area contributed by atoms with Crippen molar-refractivity contribution in [1.29, 1.82) is 5.26 Å². The van der Waals surface area contributed by atoms with E-state index in [0.717, 1.165) is 11.9 Å². The Balaban J connectivity index is 1.86. The third-order valence-electron chi connectivity index (χ3n) is 4.95. The summed E-state index contributed by atoms with van der Waals surface area (Å²) in [5, 5.41) is 20.0. The normalized spacial score (nSPS) is 27.2. The highest BCUT2D eigenvalue weighted by Crippen LogP contribution is 2.44. The zero-order chi connectivity index (χ0) is 14.6. The number of carbonyl (C=O) groups is 1. The minimum atomic E-state index is -0.805. The minimum Gasteiger partial charge on any atom is -0.481 e. The van der Waals surface area contributed by atoms with E-state index in [-0.39, 0.29) is 12.0 Å². The predicted molar refractivity (Wildman–Crippen MR) is 76.6 cm³/mol. The summed E-state index contributed by atoms with van der Waals surface area (Å²) in [7, 11) is 0. The Bertz CT molecular complexity index is 773. The van der Waals surface area contributed by atoms with Gasteiger partial charge in [-0.1, -0.05) is 12.1 Å². The maximum Gasteiger partial charge on any atom is 0.308 e. The molecule has 106 valence electrons. The second kappa shape index (κ2) is 4.26. The van der Waals surface area contributed by atoms with Crippen LogP contribution in [-0.4, -0.2) is 33.5 Å². The molecule has 0 bridgehead atoms. The van der Waals surface area contributed by atoms with E-state index in [4.69, 9.17) is 0 Å². The molecule has 4 rings (SSSR count). The van der Waals surface area contributed by atoms with Gasteiger partial charge in [-0.05, 0) is 30.0 Å². The summed E-state index contributed by atoms with van der Waals surface area (Å²) in [6.07, 6.45) is 5.64. The van der Waals surface area contributed by atoms with Crippen molar-refractivity contribution in [2.24, 2.45) is 5.92 Å². The first-order valence-electron chi connectivity index (χ1n) is 7.17. The van der Waals surface area contributed by atoms with E-state index in [9.17, 15) is 15.2 Å². The lowest BCUT2D eigenvalue weighted by molar-refractivity contribution is -0.144. The third-order valence-corrected chi connectivity index (χ3v) is 4.95. The molecule has 0 amide bonds. The van der Waals surface area contributed by atoms with Crippen molar-refractivity contribution in [3.63, 3.8) is 0 Å². The first-order valence-corrected chi connectivity index (χ1v) is 7.17. The molecule has 1 fully saturated rings. The molecule has 0 spiro atoms. The molecular weight excluding hydrogens is 266 g/mol. The van der Waals surface area contributed by atoms with E-state index >= 15 is 0 Å². The second-order valence-corrected chi connectivity index (χ2v) is 5.98. The average Bonchev–Trinajstić information content (AvgIpc) is 2.91. The largest absolute Gasteiger partial charge is 0.481 e. The highest BCUT2D eigenvalue weighted by Gasteiger charge is 2.42. The van der Waals surface area contributed by atoms with Crippen LogP contribution in [0.1, 0.15) is 23.5 Å². The number of hydrogen-bond acceptors (Lipinski definition) is 3. The molecule has 1 saturated heterocycles. The Morgan fingerprint density at radius 1 is 1.48 bits per heavy atom. The van der Waals surface area contributed by atoms with Gasteiger partial charge < -0.3 is 15.0 Å². The SMILES string of the molecule is N#CN1C[C@H](C(=O)O)CC2c3cccc4[nH]cc(c34)C[C@H]21. The van der Waals surface area contributed by atoms with Crippen molar-refractivity contribution in [2.45, 2.75) is 24.8 Å². The van der Waals surface area contributed by atoms with Gasteiger partial charge in [0.05, 0.1) is 12.0 Å². The van der Waals surface area contributed by atoms with Crippen LogP contribution < -0.4 is 0 Å². The number of nitriles is 1. The molecule has 3 atom stereocenters. The van der Waals surface area contributed by atoms with E-state index in [2.05, 4.69) is 17.2 Å². The van der Waals surface area contributed by atoms with Gasteiger partial charge in [-0.2, -0.15) is 5.26 Å². The summed E-state index contributed by atoms with van der Waals surface area (Å²) in [5.41, 5.74) is 3.52. The molecular formula is C16H15N3O2. The summed E-state index contributed by atoms with van der Waals surface area (Å²) in [4.78, 5) is 16.3. The van der Waals surface area contributed by atoms with Crippen molar-refractivity contribution in [2.75, 3.05) is 6.54 Å². The summed E-state index contributed by atoms with van der Waals surface area (Å²) in [5.74, 6) is -1.16. The van der Waals surface area contributed by atoms with Crippen molar-refractivity contribution >= 4 is 16.9 Å². The van der Waals surface area contributed by atoms with Gasteiger partial charge in [0, 0.05) is 29.6 Å². The second-order valence-electron chi connectivity index (χ2n) is 5.98.